The second kappa shape index (κ2) is 13.0. The van der Waals surface area contributed by atoms with Crippen molar-refractivity contribution in [2.24, 2.45) is 17.8 Å². The van der Waals surface area contributed by atoms with Crippen molar-refractivity contribution in [3.05, 3.63) is 0 Å². The van der Waals surface area contributed by atoms with Gasteiger partial charge in [0.1, 0.15) is 0 Å². The molecule has 1 heteroatoms. The van der Waals surface area contributed by atoms with Crippen molar-refractivity contribution in [1.82, 2.24) is 0 Å². The standard InChI is InChI=1S/C18H38O/c1-6-10-16(7-2)11-12-17(8-3)15-18(9-4)13-14-19-5/h16-18H,6-15H2,1-5H3. The van der Waals surface area contributed by atoms with Crippen LogP contribution in [0.4, 0.5) is 0 Å². The second-order valence-electron chi connectivity index (χ2n) is 6.21. The summed E-state index contributed by atoms with van der Waals surface area (Å²) in [6, 6.07) is 0. The highest BCUT2D eigenvalue weighted by Gasteiger charge is 2.15. The summed E-state index contributed by atoms with van der Waals surface area (Å²) < 4.78 is 5.24. The molecule has 0 spiro atoms. The van der Waals surface area contributed by atoms with Gasteiger partial charge in [-0.15, -0.1) is 0 Å². The SMILES string of the molecule is CCCC(CC)CCC(CC)CC(CC)CCOC. The molecule has 0 heterocycles. The zero-order chi connectivity index (χ0) is 14.5. The maximum Gasteiger partial charge on any atom is 0.0464 e. The Kier molecular flexibility index (Phi) is 12.9. The maximum absolute atomic E-state index is 5.24. The van der Waals surface area contributed by atoms with E-state index in [4.69, 9.17) is 4.74 Å². The summed E-state index contributed by atoms with van der Waals surface area (Å²) in [4.78, 5) is 0. The van der Waals surface area contributed by atoms with Crippen molar-refractivity contribution in [3.63, 3.8) is 0 Å². The molecule has 0 radical (unpaired) electrons. The fraction of sp³-hybridized carbons (Fsp3) is 1.00. The lowest BCUT2D eigenvalue weighted by molar-refractivity contribution is 0.165. The first-order chi connectivity index (χ1) is 9.21. The molecule has 0 fully saturated rings. The van der Waals surface area contributed by atoms with Gasteiger partial charge in [-0.05, 0) is 30.6 Å². The molecule has 0 aromatic rings. The predicted molar refractivity (Wildman–Crippen MR) is 86.6 cm³/mol. The van der Waals surface area contributed by atoms with Gasteiger partial charge in [0.2, 0.25) is 0 Å². The minimum atomic E-state index is 0.871. The van der Waals surface area contributed by atoms with Gasteiger partial charge in [-0.25, -0.2) is 0 Å². The van der Waals surface area contributed by atoms with Gasteiger partial charge in [0.25, 0.3) is 0 Å². The molecule has 0 aromatic carbocycles. The summed E-state index contributed by atoms with van der Waals surface area (Å²) in [6.07, 6.45) is 12.4. The van der Waals surface area contributed by atoms with Crippen molar-refractivity contribution in [3.8, 4) is 0 Å². The van der Waals surface area contributed by atoms with E-state index in [-0.39, 0.29) is 0 Å². The number of rotatable bonds is 13. The summed E-state index contributed by atoms with van der Waals surface area (Å²) in [6.45, 7) is 10.3. The largest absolute Gasteiger partial charge is 0.385 e. The Hall–Kier alpha value is -0.0400. The minimum absolute atomic E-state index is 0.871. The first-order valence-electron chi connectivity index (χ1n) is 8.70. The highest BCUT2D eigenvalue weighted by molar-refractivity contribution is 4.67. The molecule has 0 aliphatic heterocycles. The molecule has 1 nitrogen and oxygen atoms in total. The quantitative estimate of drug-likeness (QED) is 0.394. The topological polar surface area (TPSA) is 9.23 Å². The average Bonchev–Trinajstić information content (AvgIpc) is 2.45. The summed E-state index contributed by atoms with van der Waals surface area (Å²) in [5.74, 6) is 2.78. The Morgan fingerprint density at radius 1 is 0.684 bits per heavy atom. The summed E-state index contributed by atoms with van der Waals surface area (Å²) in [7, 11) is 1.82. The summed E-state index contributed by atoms with van der Waals surface area (Å²) >= 11 is 0. The monoisotopic (exact) mass is 270 g/mol. The molecule has 0 aromatic heterocycles. The van der Waals surface area contributed by atoms with E-state index in [0.717, 1.165) is 24.4 Å². The average molecular weight is 271 g/mol. The minimum Gasteiger partial charge on any atom is -0.385 e. The molecule has 19 heavy (non-hydrogen) atoms. The number of hydrogen-bond acceptors (Lipinski definition) is 1. The molecule has 3 unspecified atom stereocenters. The molecule has 0 rings (SSSR count). The van der Waals surface area contributed by atoms with E-state index in [0.29, 0.717) is 0 Å². The predicted octanol–water partition coefficient (Wildman–Crippen LogP) is 6.07. The van der Waals surface area contributed by atoms with Crippen LogP contribution in [0.2, 0.25) is 0 Å². The molecule has 0 N–H and O–H groups in total. The van der Waals surface area contributed by atoms with E-state index in [1.165, 1.54) is 57.8 Å². The Labute approximate surface area is 122 Å². The van der Waals surface area contributed by atoms with Crippen molar-refractivity contribution in [2.45, 2.75) is 85.5 Å². The Balaban J connectivity index is 4.03. The number of methoxy groups -OCH3 is 1. The van der Waals surface area contributed by atoms with Gasteiger partial charge in [0, 0.05) is 13.7 Å². The highest BCUT2D eigenvalue weighted by Crippen LogP contribution is 2.28. The van der Waals surface area contributed by atoms with Gasteiger partial charge < -0.3 is 4.74 Å². The molecule has 0 aliphatic carbocycles. The molecular weight excluding hydrogens is 232 g/mol. The van der Waals surface area contributed by atoms with Gasteiger partial charge in [-0.3, -0.25) is 0 Å². The molecule has 0 bridgehead atoms. The van der Waals surface area contributed by atoms with Crippen LogP contribution >= 0.6 is 0 Å². The van der Waals surface area contributed by atoms with Gasteiger partial charge in [0.15, 0.2) is 0 Å². The molecule has 0 amide bonds. The van der Waals surface area contributed by atoms with E-state index < -0.39 is 0 Å². The van der Waals surface area contributed by atoms with Crippen molar-refractivity contribution >= 4 is 0 Å². The first-order valence-corrected chi connectivity index (χ1v) is 8.70. The summed E-state index contributed by atoms with van der Waals surface area (Å²) in [5.41, 5.74) is 0. The van der Waals surface area contributed by atoms with Crippen LogP contribution < -0.4 is 0 Å². The zero-order valence-electron chi connectivity index (χ0n) is 14.2. The van der Waals surface area contributed by atoms with Crippen LogP contribution in [0.25, 0.3) is 0 Å². The zero-order valence-corrected chi connectivity index (χ0v) is 14.2. The third-order valence-corrected chi connectivity index (χ3v) is 4.81. The van der Waals surface area contributed by atoms with Crippen molar-refractivity contribution in [2.75, 3.05) is 13.7 Å². The first kappa shape index (κ1) is 19.0. The van der Waals surface area contributed by atoms with Crippen LogP contribution in [-0.2, 0) is 4.74 Å². The van der Waals surface area contributed by atoms with Gasteiger partial charge in [0.05, 0.1) is 0 Å². The lowest BCUT2D eigenvalue weighted by Gasteiger charge is -2.23. The Bertz CT molecular complexity index is 179. The van der Waals surface area contributed by atoms with Gasteiger partial charge in [-0.1, -0.05) is 72.6 Å². The molecule has 0 aliphatic rings. The van der Waals surface area contributed by atoms with Crippen LogP contribution in [0.5, 0.6) is 0 Å². The molecule has 0 saturated heterocycles. The van der Waals surface area contributed by atoms with E-state index in [2.05, 4.69) is 27.7 Å². The highest BCUT2D eigenvalue weighted by atomic mass is 16.5. The van der Waals surface area contributed by atoms with E-state index in [1.807, 2.05) is 7.11 Å². The normalized spacial score (nSPS) is 16.3. The maximum atomic E-state index is 5.24. The smallest absolute Gasteiger partial charge is 0.0464 e. The molecule has 0 saturated carbocycles. The fourth-order valence-electron chi connectivity index (χ4n) is 3.17. The lowest BCUT2D eigenvalue weighted by Crippen LogP contribution is -2.12. The number of ether oxygens (including phenoxy) is 1. The summed E-state index contributed by atoms with van der Waals surface area (Å²) in [5, 5.41) is 0. The van der Waals surface area contributed by atoms with Gasteiger partial charge >= 0.3 is 0 Å². The number of hydrogen-bond donors (Lipinski definition) is 0. The van der Waals surface area contributed by atoms with E-state index in [1.54, 1.807) is 0 Å². The third kappa shape index (κ3) is 9.49. The van der Waals surface area contributed by atoms with Crippen LogP contribution in [0, 0.1) is 17.8 Å². The van der Waals surface area contributed by atoms with Gasteiger partial charge in [-0.2, -0.15) is 0 Å². The second-order valence-corrected chi connectivity index (χ2v) is 6.21. The van der Waals surface area contributed by atoms with Crippen LogP contribution in [0.1, 0.15) is 85.5 Å². The Morgan fingerprint density at radius 2 is 1.21 bits per heavy atom. The third-order valence-electron chi connectivity index (χ3n) is 4.81. The van der Waals surface area contributed by atoms with Crippen molar-refractivity contribution < 1.29 is 4.74 Å². The Morgan fingerprint density at radius 3 is 1.68 bits per heavy atom. The molecule has 116 valence electrons. The lowest BCUT2D eigenvalue weighted by atomic mass is 9.83. The van der Waals surface area contributed by atoms with E-state index in [9.17, 15) is 0 Å². The molecule has 3 atom stereocenters. The van der Waals surface area contributed by atoms with Crippen molar-refractivity contribution in [1.29, 1.82) is 0 Å². The van der Waals surface area contributed by atoms with E-state index >= 15 is 0 Å². The van der Waals surface area contributed by atoms with Crippen LogP contribution in [-0.4, -0.2) is 13.7 Å². The molecular formula is C18H38O. The van der Waals surface area contributed by atoms with Crippen LogP contribution in [0.3, 0.4) is 0 Å². The fourth-order valence-corrected chi connectivity index (χ4v) is 3.17. The van der Waals surface area contributed by atoms with Crippen LogP contribution in [0.15, 0.2) is 0 Å².